The molecule has 0 saturated heterocycles. The third kappa shape index (κ3) is 33.8. The number of carboxylic acid groups (broad SMARTS) is 2. The maximum absolute atomic E-state index is 12.8. The van der Waals surface area contributed by atoms with Gasteiger partial charge in [-0.1, -0.05) is 129 Å². The molecule has 0 aliphatic carbocycles. The SMILES string of the molecule is CCCCCCCCCCCC(=O)N(CCCCCCN(CCC(=O)[O-])C(=O)CCCCCCCCCCC)CCC(=O)[O-].[Na+].[Na+]. The monoisotopic (exact) mass is 668 g/mol. The van der Waals surface area contributed by atoms with Crippen molar-refractivity contribution >= 4 is 23.8 Å². The minimum absolute atomic E-state index is 0. The van der Waals surface area contributed by atoms with Crippen LogP contribution in [0.15, 0.2) is 0 Å². The molecule has 0 atom stereocenters. The number of amides is 2. The number of carboxylic acids is 2. The van der Waals surface area contributed by atoms with E-state index in [-0.39, 0.29) is 96.9 Å². The van der Waals surface area contributed by atoms with Crippen LogP contribution in [0.1, 0.15) is 181 Å². The Morgan fingerprint density at radius 1 is 0.370 bits per heavy atom. The van der Waals surface area contributed by atoms with Gasteiger partial charge in [0.2, 0.25) is 11.8 Å². The molecule has 0 aliphatic heterocycles. The first-order valence-electron chi connectivity index (χ1n) is 18.3. The average molecular weight is 669 g/mol. The molecular weight excluding hydrogens is 602 g/mol. The van der Waals surface area contributed by atoms with Crippen LogP contribution in [0.2, 0.25) is 0 Å². The number of nitrogens with zero attached hydrogens (tertiary/aromatic N) is 2. The van der Waals surface area contributed by atoms with E-state index < -0.39 is 11.9 Å². The van der Waals surface area contributed by atoms with Gasteiger partial charge in [-0.15, -0.1) is 0 Å². The van der Waals surface area contributed by atoms with Crippen molar-refractivity contribution in [3.05, 3.63) is 0 Å². The topological polar surface area (TPSA) is 121 Å². The Kier molecular flexibility index (Phi) is 41.2. The smallest absolute Gasteiger partial charge is 0.550 e. The summed E-state index contributed by atoms with van der Waals surface area (Å²) in [6.45, 7) is 5.85. The van der Waals surface area contributed by atoms with Crippen LogP contribution in [-0.4, -0.2) is 59.7 Å². The molecule has 8 nitrogen and oxygen atoms in total. The fraction of sp³-hybridized carbons (Fsp3) is 0.889. The van der Waals surface area contributed by atoms with Gasteiger partial charge in [-0.05, 0) is 25.7 Å². The van der Waals surface area contributed by atoms with Crippen LogP contribution in [0.5, 0.6) is 0 Å². The molecule has 0 aromatic rings. The number of rotatable bonds is 33. The van der Waals surface area contributed by atoms with E-state index >= 15 is 0 Å². The van der Waals surface area contributed by atoms with Crippen molar-refractivity contribution in [2.24, 2.45) is 0 Å². The number of carbonyl (C=O) groups is 4. The summed E-state index contributed by atoms with van der Waals surface area (Å²) in [6, 6.07) is 0. The molecule has 0 spiro atoms. The molecule has 0 rings (SSSR count). The van der Waals surface area contributed by atoms with E-state index in [1.807, 2.05) is 0 Å². The molecule has 10 heteroatoms. The first-order valence-corrected chi connectivity index (χ1v) is 18.3. The van der Waals surface area contributed by atoms with E-state index in [9.17, 15) is 29.4 Å². The number of hydrogen-bond donors (Lipinski definition) is 0. The molecule has 0 unspecified atom stereocenters. The van der Waals surface area contributed by atoms with Crippen LogP contribution in [0, 0.1) is 0 Å². The maximum Gasteiger partial charge on any atom is 1.00 e. The molecule has 0 aromatic heterocycles. The molecule has 0 aliphatic rings. The first kappa shape index (κ1) is 50.3. The molecule has 46 heavy (non-hydrogen) atoms. The second-order valence-electron chi connectivity index (χ2n) is 12.6. The fourth-order valence-corrected chi connectivity index (χ4v) is 5.62. The van der Waals surface area contributed by atoms with E-state index in [1.165, 1.54) is 77.0 Å². The van der Waals surface area contributed by atoms with Gasteiger partial charge < -0.3 is 29.6 Å². The predicted octanol–water partition coefficient (Wildman–Crippen LogP) is 0.334. The molecule has 0 bridgehead atoms. The van der Waals surface area contributed by atoms with E-state index in [0.717, 1.165) is 64.2 Å². The van der Waals surface area contributed by atoms with Crippen molar-refractivity contribution in [3.63, 3.8) is 0 Å². The predicted molar refractivity (Wildman–Crippen MR) is 175 cm³/mol. The van der Waals surface area contributed by atoms with Gasteiger partial charge in [0, 0.05) is 63.8 Å². The molecule has 2 amide bonds. The Labute approximate surface area is 326 Å². The minimum Gasteiger partial charge on any atom is -0.550 e. The largest absolute Gasteiger partial charge is 1.00 e. The van der Waals surface area contributed by atoms with E-state index in [1.54, 1.807) is 9.80 Å². The maximum atomic E-state index is 12.8. The van der Waals surface area contributed by atoms with Gasteiger partial charge in [-0.2, -0.15) is 0 Å². The number of hydrogen-bond acceptors (Lipinski definition) is 6. The van der Waals surface area contributed by atoms with Gasteiger partial charge in [0.05, 0.1) is 0 Å². The van der Waals surface area contributed by atoms with Crippen molar-refractivity contribution < 1.29 is 88.5 Å². The van der Waals surface area contributed by atoms with Crippen LogP contribution >= 0.6 is 0 Å². The summed E-state index contributed by atoms with van der Waals surface area (Å²) in [7, 11) is 0. The van der Waals surface area contributed by atoms with Crippen LogP contribution in [-0.2, 0) is 19.2 Å². The van der Waals surface area contributed by atoms with Gasteiger partial charge in [0.1, 0.15) is 0 Å². The standard InChI is InChI=1S/C36H68N2O6.2Na/c1-3-5-7-9-11-13-15-17-21-25-33(39)37(31-27-35(41)42)29-23-19-20-24-30-38(32-28-36(43)44)34(40)26-22-18-16-14-12-10-8-6-4-2;;/h3-32H2,1-2H3,(H,41,42)(H,43,44);;/q;2*+1/p-2. The number of aliphatic carboxylic acids is 2. The fourth-order valence-electron chi connectivity index (χ4n) is 5.62. The summed E-state index contributed by atoms with van der Waals surface area (Å²) in [5, 5.41) is 22.0. The normalized spacial score (nSPS) is 10.6. The van der Waals surface area contributed by atoms with E-state index in [2.05, 4.69) is 13.8 Å². The zero-order valence-corrected chi connectivity index (χ0v) is 34.6. The minimum atomic E-state index is -1.14. The van der Waals surface area contributed by atoms with Gasteiger partial charge in [-0.3, -0.25) is 9.59 Å². The number of unbranched alkanes of at least 4 members (excludes halogenated alkanes) is 19. The summed E-state index contributed by atoms with van der Waals surface area (Å²) in [4.78, 5) is 50.9. The van der Waals surface area contributed by atoms with Crippen molar-refractivity contribution in [2.45, 2.75) is 181 Å². The van der Waals surface area contributed by atoms with Gasteiger partial charge in [0.15, 0.2) is 0 Å². The van der Waals surface area contributed by atoms with Crippen molar-refractivity contribution in [1.82, 2.24) is 9.80 Å². The van der Waals surface area contributed by atoms with Crippen LogP contribution in [0.25, 0.3) is 0 Å². The van der Waals surface area contributed by atoms with Crippen LogP contribution < -0.4 is 69.3 Å². The summed E-state index contributed by atoms with van der Waals surface area (Å²) in [5.74, 6) is -2.25. The molecule has 0 saturated carbocycles. The van der Waals surface area contributed by atoms with Crippen LogP contribution in [0.3, 0.4) is 0 Å². The molecule has 0 fully saturated rings. The third-order valence-electron chi connectivity index (χ3n) is 8.47. The Morgan fingerprint density at radius 3 is 0.913 bits per heavy atom. The Hall–Kier alpha value is -0.120. The average Bonchev–Trinajstić information content (AvgIpc) is 2.99. The van der Waals surface area contributed by atoms with Crippen molar-refractivity contribution in [3.8, 4) is 0 Å². The molecule has 0 aromatic carbocycles. The molecule has 258 valence electrons. The first-order chi connectivity index (χ1) is 21.3. The summed E-state index contributed by atoms with van der Waals surface area (Å²) < 4.78 is 0. The second-order valence-corrected chi connectivity index (χ2v) is 12.6. The van der Waals surface area contributed by atoms with Gasteiger partial charge in [0.25, 0.3) is 0 Å². The van der Waals surface area contributed by atoms with Gasteiger partial charge in [-0.25, -0.2) is 0 Å². The van der Waals surface area contributed by atoms with Crippen molar-refractivity contribution in [2.75, 3.05) is 26.2 Å². The summed E-state index contributed by atoms with van der Waals surface area (Å²) in [6.07, 6.45) is 25.1. The van der Waals surface area contributed by atoms with E-state index in [0.29, 0.717) is 25.9 Å². The van der Waals surface area contributed by atoms with Crippen molar-refractivity contribution in [1.29, 1.82) is 0 Å². The van der Waals surface area contributed by atoms with Gasteiger partial charge >= 0.3 is 59.1 Å². The second kappa shape index (κ2) is 37.7. The quantitative estimate of drug-likeness (QED) is 0.0735. The van der Waals surface area contributed by atoms with E-state index in [4.69, 9.17) is 0 Å². The molecule has 0 radical (unpaired) electrons. The Balaban J connectivity index is -0.00000924. The molecule has 0 N–H and O–H groups in total. The van der Waals surface area contributed by atoms with Crippen LogP contribution in [0.4, 0.5) is 0 Å². The summed E-state index contributed by atoms with van der Waals surface area (Å²) in [5.41, 5.74) is 0. The zero-order valence-electron chi connectivity index (χ0n) is 30.6. The Morgan fingerprint density at radius 2 is 0.630 bits per heavy atom. The number of carbonyl (C=O) groups excluding carboxylic acids is 4. The summed E-state index contributed by atoms with van der Waals surface area (Å²) >= 11 is 0. The zero-order chi connectivity index (χ0) is 32.7. The third-order valence-corrected chi connectivity index (χ3v) is 8.47. The molecular formula is C36H66N2Na2O6. The molecule has 0 heterocycles. The Bertz CT molecular complexity index is 681.